The third-order valence-corrected chi connectivity index (χ3v) is 4.15. The number of carbonyl (C=O) groups excluding carboxylic acids is 1. The molecule has 4 nitrogen and oxygen atoms in total. The van der Waals surface area contributed by atoms with Crippen molar-refractivity contribution in [2.75, 3.05) is 25.0 Å². The first-order valence-corrected chi connectivity index (χ1v) is 7.52. The van der Waals surface area contributed by atoms with E-state index in [4.69, 9.17) is 5.73 Å². The Hall–Kier alpha value is -1.62. The first kappa shape index (κ1) is 15.8. The van der Waals surface area contributed by atoms with Crippen LogP contribution in [0.2, 0.25) is 0 Å². The number of carbonyl (C=O) groups is 1. The van der Waals surface area contributed by atoms with Gasteiger partial charge in [0.15, 0.2) is 0 Å². The fraction of sp³-hybridized carbons (Fsp3) is 0.562. The first-order chi connectivity index (χ1) is 10.0. The van der Waals surface area contributed by atoms with Gasteiger partial charge in [-0.25, -0.2) is 4.39 Å². The van der Waals surface area contributed by atoms with Gasteiger partial charge in [0.25, 0.3) is 0 Å². The molecule has 0 aliphatic heterocycles. The monoisotopic (exact) mass is 293 g/mol. The Morgan fingerprint density at radius 1 is 1.48 bits per heavy atom. The summed E-state index contributed by atoms with van der Waals surface area (Å²) in [5, 5.41) is 3.33. The number of hydrogen-bond donors (Lipinski definition) is 2. The lowest BCUT2D eigenvalue weighted by Crippen LogP contribution is -2.63. The number of nitrogens with one attached hydrogen (secondary N) is 1. The molecule has 0 saturated heterocycles. The van der Waals surface area contributed by atoms with Crippen LogP contribution in [0.15, 0.2) is 24.3 Å². The van der Waals surface area contributed by atoms with Crippen LogP contribution in [0.3, 0.4) is 0 Å². The van der Waals surface area contributed by atoms with Crippen molar-refractivity contribution in [1.29, 1.82) is 0 Å². The Kier molecular flexibility index (Phi) is 4.83. The maximum absolute atomic E-state index is 13.9. The van der Waals surface area contributed by atoms with Gasteiger partial charge in [-0.2, -0.15) is 0 Å². The summed E-state index contributed by atoms with van der Waals surface area (Å²) in [6.45, 7) is 3.16. The number of hydrogen-bond acceptors (Lipinski definition) is 3. The maximum atomic E-state index is 13.9. The third kappa shape index (κ3) is 3.35. The molecule has 1 aromatic carbocycles. The zero-order valence-corrected chi connectivity index (χ0v) is 12.7. The van der Waals surface area contributed by atoms with Crippen molar-refractivity contribution in [1.82, 2.24) is 5.32 Å². The van der Waals surface area contributed by atoms with Crippen LogP contribution >= 0.6 is 0 Å². The number of benzene rings is 1. The summed E-state index contributed by atoms with van der Waals surface area (Å²) in [4.78, 5) is 13.9. The lowest BCUT2D eigenvalue weighted by atomic mass is 9.91. The topological polar surface area (TPSA) is 58.4 Å². The lowest BCUT2D eigenvalue weighted by molar-refractivity contribution is -0.125. The molecule has 21 heavy (non-hydrogen) atoms. The van der Waals surface area contributed by atoms with E-state index < -0.39 is 5.54 Å². The number of anilines is 1. The molecule has 2 rings (SSSR count). The van der Waals surface area contributed by atoms with E-state index in [1.165, 1.54) is 6.07 Å². The number of nitrogens with two attached hydrogens (primary N) is 1. The maximum Gasteiger partial charge on any atom is 0.239 e. The molecule has 1 aliphatic rings. The predicted molar refractivity (Wildman–Crippen MR) is 82.6 cm³/mol. The molecule has 0 aromatic heterocycles. The van der Waals surface area contributed by atoms with E-state index in [0.29, 0.717) is 12.2 Å². The second-order valence-electron chi connectivity index (χ2n) is 5.84. The molecular formula is C16H24FN3O. The third-order valence-electron chi connectivity index (χ3n) is 4.15. The van der Waals surface area contributed by atoms with Gasteiger partial charge in [0.05, 0.1) is 5.69 Å². The van der Waals surface area contributed by atoms with Gasteiger partial charge in [-0.05, 0) is 43.9 Å². The largest absolute Gasteiger partial charge is 0.370 e. The molecule has 1 saturated carbocycles. The molecule has 0 bridgehead atoms. The molecule has 1 fully saturated rings. The number of amides is 1. The standard InChI is InChI=1S/C16H24FN3O/c1-3-10-19-16(15(18)21,12-8-9-12)11-20(2)14-7-5-4-6-13(14)17/h4-7,12,19H,3,8-11H2,1-2H3,(H2,18,21). The summed E-state index contributed by atoms with van der Waals surface area (Å²) >= 11 is 0. The molecule has 0 heterocycles. The highest BCUT2D eigenvalue weighted by atomic mass is 19.1. The minimum Gasteiger partial charge on any atom is -0.370 e. The quantitative estimate of drug-likeness (QED) is 0.769. The molecule has 1 atom stereocenters. The number of nitrogens with zero attached hydrogens (tertiary/aromatic N) is 1. The Morgan fingerprint density at radius 2 is 2.14 bits per heavy atom. The molecule has 1 aromatic rings. The highest BCUT2D eigenvalue weighted by Gasteiger charge is 2.50. The van der Waals surface area contributed by atoms with Crippen molar-refractivity contribution in [2.45, 2.75) is 31.7 Å². The van der Waals surface area contributed by atoms with Crippen molar-refractivity contribution in [3.63, 3.8) is 0 Å². The van der Waals surface area contributed by atoms with Crippen molar-refractivity contribution < 1.29 is 9.18 Å². The fourth-order valence-corrected chi connectivity index (χ4v) is 2.84. The fourth-order valence-electron chi connectivity index (χ4n) is 2.84. The van der Waals surface area contributed by atoms with E-state index in [1.807, 2.05) is 6.92 Å². The average Bonchev–Trinajstić information content (AvgIpc) is 3.28. The van der Waals surface area contributed by atoms with Gasteiger partial charge >= 0.3 is 0 Å². The van der Waals surface area contributed by atoms with E-state index in [2.05, 4.69) is 5.32 Å². The van der Waals surface area contributed by atoms with E-state index in [0.717, 1.165) is 25.8 Å². The highest BCUT2D eigenvalue weighted by molar-refractivity contribution is 5.86. The summed E-state index contributed by atoms with van der Waals surface area (Å²) < 4.78 is 13.9. The van der Waals surface area contributed by atoms with E-state index in [-0.39, 0.29) is 17.6 Å². The van der Waals surface area contributed by atoms with Gasteiger partial charge in [0.1, 0.15) is 11.4 Å². The van der Waals surface area contributed by atoms with Crippen LogP contribution in [-0.2, 0) is 4.79 Å². The van der Waals surface area contributed by atoms with Gasteiger partial charge in [-0.1, -0.05) is 19.1 Å². The summed E-state index contributed by atoms with van der Waals surface area (Å²) in [6.07, 6.45) is 2.90. The van der Waals surface area contributed by atoms with Crippen molar-refractivity contribution >= 4 is 11.6 Å². The normalized spacial score (nSPS) is 17.3. The number of likely N-dealkylation sites (N-methyl/N-ethyl adjacent to an activating group) is 1. The minimum absolute atomic E-state index is 0.246. The molecule has 3 N–H and O–H groups in total. The van der Waals surface area contributed by atoms with Crippen LogP contribution in [0.1, 0.15) is 26.2 Å². The molecular weight excluding hydrogens is 269 g/mol. The zero-order valence-electron chi connectivity index (χ0n) is 12.7. The Labute approximate surface area is 125 Å². The number of para-hydroxylation sites is 1. The highest BCUT2D eigenvalue weighted by Crippen LogP contribution is 2.40. The Morgan fingerprint density at radius 3 is 2.67 bits per heavy atom. The number of primary amides is 1. The average molecular weight is 293 g/mol. The second-order valence-corrected chi connectivity index (χ2v) is 5.84. The van der Waals surface area contributed by atoms with Crippen LogP contribution < -0.4 is 16.0 Å². The van der Waals surface area contributed by atoms with Crippen LogP contribution in [-0.4, -0.2) is 31.6 Å². The molecule has 116 valence electrons. The summed E-state index contributed by atoms with van der Waals surface area (Å²) in [6, 6.07) is 6.59. The van der Waals surface area contributed by atoms with Gasteiger partial charge in [-0.3, -0.25) is 4.79 Å². The smallest absolute Gasteiger partial charge is 0.239 e. The van der Waals surface area contributed by atoms with E-state index >= 15 is 0 Å². The van der Waals surface area contributed by atoms with E-state index in [1.54, 1.807) is 30.1 Å². The van der Waals surface area contributed by atoms with Crippen molar-refractivity contribution in [3.8, 4) is 0 Å². The van der Waals surface area contributed by atoms with Gasteiger partial charge in [-0.15, -0.1) is 0 Å². The minimum atomic E-state index is -0.771. The summed E-state index contributed by atoms with van der Waals surface area (Å²) in [7, 11) is 1.80. The zero-order chi connectivity index (χ0) is 15.5. The van der Waals surface area contributed by atoms with Gasteiger partial charge < -0.3 is 16.0 Å². The molecule has 0 spiro atoms. The predicted octanol–water partition coefficient (Wildman–Crippen LogP) is 1.90. The SMILES string of the molecule is CCCNC(CN(C)c1ccccc1F)(C(N)=O)C1CC1. The number of halogens is 1. The molecule has 1 aliphatic carbocycles. The van der Waals surface area contributed by atoms with Crippen LogP contribution in [0, 0.1) is 11.7 Å². The van der Waals surface area contributed by atoms with Crippen molar-refractivity contribution in [3.05, 3.63) is 30.1 Å². The molecule has 1 unspecified atom stereocenters. The van der Waals surface area contributed by atoms with Gasteiger partial charge in [0, 0.05) is 13.6 Å². The first-order valence-electron chi connectivity index (χ1n) is 7.52. The lowest BCUT2D eigenvalue weighted by Gasteiger charge is -2.36. The van der Waals surface area contributed by atoms with Gasteiger partial charge in [0.2, 0.25) is 5.91 Å². The molecule has 1 amide bonds. The molecule has 5 heteroatoms. The van der Waals surface area contributed by atoms with Crippen molar-refractivity contribution in [2.24, 2.45) is 11.7 Å². The summed E-state index contributed by atoms with van der Waals surface area (Å²) in [5.41, 5.74) is 5.41. The summed E-state index contributed by atoms with van der Waals surface area (Å²) in [5.74, 6) is -0.387. The Balaban J connectivity index is 2.22. The number of rotatable bonds is 8. The second kappa shape index (κ2) is 6.43. The van der Waals surface area contributed by atoms with Crippen LogP contribution in [0.25, 0.3) is 0 Å². The van der Waals surface area contributed by atoms with E-state index in [9.17, 15) is 9.18 Å². The van der Waals surface area contributed by atoms with Crippen LogP contribution in [0.5, 0.6) is 0 Å². The van der Waals surface area contributed by atoms with Crippen LogP contribution in [0.4, 0.5) is 10.1 Å². The molecule has 0 radical (unpaired) electrons. The Bertz CT molecular complexity index is 504.